The number of benzene rings is 1. The molecule has 1 heterocycles. The van der Waals surface area contributed by atoms with E-state index in [1.165, 1.54) is 24.7 Å². The number of aliphatic hydroxyl groups is 4. The molecule has 0 spiro atoms. The highest BCUT2D eigenvalue weighted by atomic mass is 16.4. The lowest BCUT2D eigenvalue weighted by molar-refractivity contribution is -0.143. The van der Waals surface area contributed by atoms with Crippen LogP contribution in [0.3, 0.4) is 0 Å². The molecule has 0 unspecified atom stereocenters. The van der Waals surface area contributed by atoms with Crippen molar-refractivity contribution in [2.45, 2.75) is 158 Å². The summed E-state index contributed by atoms with van der Waals surface area (Å²) in [5.41, 5.74) is 12.3. The second-order valence-electron chi connectivity index (χ2n) is 21.2. The number of carboxylic acid groups (broad SMARTS) is 3. The van der Waals surface area contributed by atoms with Gasteiger partial charge >= 0.3 is 17.9 Å². The fourth-order valence-electron chi connectivity index (χ4n) is 8.28. The molecule has 0 aliphatic heterocycles. The Kier molecular flexibility index (Phi) is 33.8. The highest BCUT2D eigenvalue weighted by Gasteiger charge is 2.37. The molecular formula is C54H83N15O21. The van der Waals surface area contributed by atoms with Crippen LogP contribution in [-0.4, -0.2) is 234 Å². The van der Waals surface area contributed by atoms with Crippen molar-refractivity contribution >= 4 is 82.9 Å². The minimum Gasteiger partial charge on any atom is -0.481 e. The first kappa shape index (κ1) is 76.9. The standard InChI is InChI=1S/C54H83N15O21/c1-26(2)16-34(47(82)66-37(23-70)50(85)62-33(54(89)90)12-8-9-15-55)63-48(83)36(19-42(78)79)64-51(86)38(24-71)67-53(88)44(28(4)73)69-49(84)35(17-29-10-6-5-7-11-29)65-52(87)43(27(3)72)68-40(75)22-59-46(81)32(13-14-41(76)77)61-39(74)21-58-45(80)31(56)18-30-20-57-25-60-30/h5-7,10-11,20,25-28,31-38,43-44,70-73H,8-9,12-19,21-24,55-56H2,1-4H3,(H,57,60)(H,58,80)(H,59,81)(H,61,74)(H,62,85)(H,63,83)(H,64,86)(H,65,87)(H,66,82)(H,67,88)(H,68,75)(H,69,84)(H,76,77)(H,78,79)(H,89,90)/t27-,28-,31+,32+,33+,34+,35+,36+,37+,38+,43+,44+/m1/s1. The number of carbonyl (C=O) groups is 14. The molecule has 2 aromatic rings. The molecule has 0 fully saturated rings. The number of amides is 11. The first-order valence-corrected chi connectivity index (χ1v) is 28.4. The van der Waals surface area contributed by atoms with Crippen LogP contribution in [0.5, 0.6) is 0 Å². The number of imidazole rings is 1. The zero-order valence-corrected chi connectivity index (χ0v) is 49.9. The highest BCUT2D eigenvalue weighted by Crippen LogP contribution is 2.11. The maximum atomic E-state index is 14.1. The molecule has 1 aromatic carbocycles. The quantitative estimate of drug-likeness (QED) is 0.0275. The molecule has 0 saturated carbocycles. The SMILES string of the molecule is CC(C)C[C@H](NC(=O)[C@H](CC(=O)O)NC(=O)[C@H](CO)NC(=O)[C@@H](NC(=O)[C@H](Cc1ccccc1)NC(=O)[C@@H](NC(=O)CNC(=O)[C@H](CCC(=O)O)NC(=O)CNC(=O)[C@@H](N)Cc1cnc[nH]1)[C@@H](C)O)[C@@H](C)O)C(=O)N[C@@H](CO)C(=O)N[C@@H](CCCCN)C(=O)O. The number of unbranched alkanes of at least 4 members (excludes halogenated alkanes) is 1. The van der Waals surface area contributed by atoms with Crippen molar-refractivity contribution in [3.8, 4) is 0 Å². The predicted molar refractivity (Wildman–Crippen MR) is 310 cm³/mol. The number of carbonyl (C=O) groups excluding carboxylic acids is 11. The molecule has 2 rings (SSSR count). The van der Waals surface area contributed by atoms with Crippen molar-refractivity contribution in [3.05, 3.63) is 54.1 Å². The number of hydrogen-bond donors (Lipinski definition) is 21. The molecule has 11 amide bonds. The number of nitrogens with zero attached hydrogens (tertiary/aromatic N) is 1. The molecule has 500 valence electrons. The van der Waals surface area contributed by atoms with E-state index in [2.05, 4.69) is 68.5 Å². The van der Waals surface area contributed by atoms with Gasteiger partial charge in [-0.15, -0.1) is 0 Å². The molecular weight excluding hydrogens is 1190 g/mol. The van der Waals surface area contributed by atoms with Gasteiger partial charge in [0, 0.05) is 31.2 Å². The average molecular weight is 1280 g/mol. The van der Waals surface area contributed by atoms with E-state index in [9.17, 15) is 103 Å². The number of aliphatic hydroxyl groups excluding tert-OH is 4. The first-order chi connectivity index (χ1) is 42.4. The number of aliphatic carboxylic acids is 3. The van der Waals surface area contributed by atoms with E-state index in [0.717, 1.165) is 13.8 Å². The van der Waals surface area contributed by atoms with E-state index < -0.39 is 201 Å². The van der Waals surface area contributed by atoms with Gasteiger partial charge in [-0.1, -0.05) is 44.2 Å². The summed E-state index contributed by atoms with van der Waals surface area (Å²) in [6.07, 6.45) is -2.81. The van der Waals surface area contributed by atoms with E-state index in [-0.39, 0.29) is 38.1 Å². The van der Waals surface area contributed by atoms with Gasteiger partial charge in [-0.05, 0) is 64.0 Å². The fourth-order valence-corrected chi connectivity index (χ4v) is 8.28. The maximum Gasteiger partial charge on any atom is 0.326 e. The number of carboxylic acids is 3. The molecule has 0 saturated heterocycles. The van der Waals surface area contributed by atoms with E-state index in [1.807, 2.05) is 0 Å². The monoisotopic (exact) mass is 1280 g/mol. The van der Waals surface area contributed by atoms with Crippen molar-refractivity contribution in [2.75, 3.05) is 32.8 Å². The Morgan fingerprint density at radius 3 is 1.52 bits per heavy atom. The third-order valence-electron chi connectivity index (χ3n) is 13.1. The number of nitrogens with one attached hydrogen (secondary N) is 12. The number of nitrogens with two attached hydrogens (primary N) is 2. The van der Waals surface area contributed by atoms with Crippen molar-refractivity contribution in [3.63, 3.8) is 0 Å². The molecule has 90 heavy (non-hydrogen) atoms. The van der Waals surface area contributed by atoms with Crippen molar-refractivity contribution in [1.82, 2.24) is 68.5 Å². The van der Waals surface area contributed by atoms with Crippen molar-refractivity contribution in [2.24, 2.45) is 17.4 Å². The Bertz CT molecular complexity index is 2750. The minimum absolute atomic E-state index is 0.0353. The summed E-state index contributed by atoms with van der Waals surface area (Å²) in [5.74, 6) is -17.4. The van der Waals surface area contributed by atoms with Crippen LogP contribution in [0.15, 0.2) is 42.9 Å². The van der Waals surface area contributed by atoms with Gasteiger partial charge in [-0.2, -0.15) is 0 Å². The predicted octanol–water partition coefficient (Wildman–Crippen LogP) is -8.54. The summed E-state index contributed by atoms with van der Waals surface area (Å²) in [6, 6.07) is -9.30. The smallest absolute Gasteiger partial charge is 0.326 e. The summed E-state index contributed by atoms with van der Waals surface area (Å²) in [5, 5.41) is 94.6. The van der Waals surface area contributed by atoms with Gasteiger partial charge in [0.1, 0.15) is 54.4 Å². The molecule has 23 N–H and O–H groups in total. The lowest BCUT2D eigenvalue weighted by Gasteiger charge is -2.28. The lowest BCUT2D eigenvalue weighted by Crippen LogP contribution is -2.63. The van der Waals surface area contributed by atoms with Gasteiger partial charge in [0.15, 0.2) is 0 Å². The number of aromatic nitrogens is 2. The molecule has 0 bridgehead atoms. The Morgan fingerprint density at radius 1 is 0.522 bits per heavy atom. The molecule has 0 radical (unpaired) electrons. The van der Waals surface area contributed by atoms with E-state index in [1.54, 1.807) is 32.0 Å². The van der Waals surface area contributed by atoms with Crippen LogP contribution in [0.2, 0.25) is 0 Å². The Morgan fingerprint density at radius 2 is 1.01 bits per heavy atom. The number of aromatic amines is 1. The zero-order chi connectivity index (χ0) is 67.8. The fraction of sp³-hybridized carbons (Fsp3) is 0.574. The Hall–Kier alpha value is -9.23. The Balaban J connectivity index is 2.25. The third-order valence-corrected chi connectivity index (χ3v) is 13.1. The molecule has 36 heteroatoms. The van der Waals surface area contributed by atoms with Crippen LogP contribution >= 0.6 is 0 Å². The average Bonchev–Trinajstić information content (AvgIpc) is 4.02. The molecule has 36 nitrogen and oxygen atoms in total. The van der Waals surface area contributed by atoms with Gasteiger partial charge in [0.25, 0.3) is 0 Å². The van der Waals surface area contributed by atoms with Crippen molar-refractivity contribution in [1.29, 1.82) is 0 Å². The number of H-pyrrole nitrogens is 1. The van der Waals surface area contributed by atoms with Crippen molar-refractivity contribution < 1.29 is 103 Å². The molecule has 1 aromatic heterocycles. The zero-order valence-electron chi connectivity index (χ0n) is 49.9. The summed E-state index contributed by atoms with van der Waals surface area (Å²) in [7, 11) is 0. The Labute approximate surface area is 515 Å². The normalized spacial score (nSPS) is 15.1. The van der Waals surface area contributed by atoms with Crippen LogP contribution in [0.1, 0.15) is 83.9 Å². The van der Waals surface area contributed by atoms with Gasteiger partial charge < -0.3 is 111 Å². The maximum absolute atomic E-state index is 14.1. The van der Waals surface area contributed by atoms with Crippen LogP contribution < -0.4 is 70.0 Å². The topological polar surface area (TPSA) is 594 Å². The van der Waals surface area contributed by atoms with Crippen LogP contribution in [-0.2, 0) is 80.0 Å². The van der Waals surface area contributed by atoms with Crippen LogP contribution in [0, 0.1) is 5.92 Å². The molecule has 0 aliphatic rings. The highest BCUT2D eigenvalue weighted by molar-refractivity contribution is 5.99. The van der Waals surface area contributed by atoms with Crippen LogP contribution in [0.4, 0.5) is 0 Å². The summed E-state index contributed by atoms with van der Waals surface area (Å²) in [6.45, 7) is 1.68. The van der Waals surface area contributed by atoms with Gasteiger partial charge in [0.2, 0.25) is 65.0 Å². The lowest BCUT2D eigenvalue weighted by atomic mass is 10.0. The second-order valence-corrected chi connectivity index (χ2v) is 21.2. The number of rotatable bonds is 42. The largest absolute Gasteiger partial charge is 0.481 e. The summed E-state index contributed by atoms with van der Waals surface area (Å²) in [4.78, 5) is 189. The van der Waals surface area contributed by atoms with Crippen LogP contribution in [0.25, 0.3) is 0 Å². The first-order valence-electron chi connectivity index (χ1n) is 28.4. The third kappa shape index (κ3) is 28.3. The van der Waals surface area contributed by atoms with Gasteiger partial charge in [0.05, 0.1) is 57.3 Å². The van der Waals surface area contributed by atoms with Gasteiger partial charge in [-0.3, -0.25) is 62.3 Å². The minimum atomic E-state index is -2.05. The number of hydrogen-bond acceptors (Lipinski definition) is 21. The summed E-state index contributed by atoms with van der Waals surface area (Å²) >= 11 is 0. The van der Waals surface area contributed by atoms with Gasteiger partial charge in [-0.25, -0.2) is 9.78 Å². The van der Waals surface area contributed by atoms with E-state index in [0.29, 0.717) is 24.1 Å². The van der Waals surface area contributed by atoms with E-state index >= 15 is 0 Å². The molecule has 0 aliphatic carbocycles. The summed E-state index contributed by atoms with van der Waals surface area (Å²) < 4.78 is 0. The molecule has 12 atom stereocenters. The second kappa shape index (κ2) is 39.6. The van der Waals surface area contributed by atoms with E-state index in [4.69, 9.17) is 11.5 Å².